The van der Waals surface area contributed by atoms with Gasteiger partial charge in [-0.15, -0.1) is 0 Å². The molecule has 2 aromatic rings. The molecule has 0 saturated carbocycles. The lowest BCUT2D eigenvalue weighted by molar-refractivity contribution is -0.149. The van der Waals surface area contributed by atoms with Crippen LogP contribution < -0.4 is 4.74 Å². The van der Waals surface area contributed by atoms with Crippen LogP contribution in [0.3, 0.4) is 0 Å². The fourth-order valence-electron chi connectivity index (χ4n) is 2.22. The summed E-state index contributed by atoms with van der Waals surface area (Å²) in [6, 6.07) is 16.7. The molecular weight excluding hydrogens is 292 g/mol. The zero-order chi connectivity index (χ0) is 16.9. The van der Waals surface area contributed by atoms with Crippen LogP contribution >= 0.6 is 0 Å². The second-order valence-corrected chi connectivity index (χ2v) is 5.74. The van der Waals surface area contributed by atoms with E-state index in [0.717, 1.165) is 5.56 Å². The summed E-state index contributed by atoms with van der Waals surface area (Å²) >= 11 is 0. The number of carbonyl (C=O) groups excluding carboxylic acids is 2. The van der Waals surface area contributed by atoms with E-state index in [1.54, 1.807) is 38.1 Å². The lowest BCUT2D eigenvalue weighted by Gasteiger charge is -2.23. The second-order valence-electron chi connectivity index (χ2n) is 5.74. The number of esters is 1. The van der Waals surface area contributed by atoms with Gasteiger partial charge in [-0.2, -0.15) is 0 Å². The standard InChI is InChI=1S/C19H20O4/c1-14(20)23-19(2,3)18(21)16-10-7-11-17(12-16)22-13-15-8-5-4-6-9-15/h4-12H,13H2,1-3H3. The topological polar surface area (TPSA) is 52.6 Å². The average Bonchev–Trinajstić information content (AvgIpc) is 2.52. The van der Waals surface area contributed by atoms with Gasteiger partial charge < -0.3 is 9.47 Å². The highest BCUT2D eigenvalue weighted by Gasteiger charge is 2.32. The number of hydrogen-bond donors (Lipinski definition) is 0. The van der Waals surface area contributed by atoms with Crippen molar-refractivity contribution in [2.75, 3.05) is 0 Å². The summed E-state index contributed by atoms with van der Waals surface area (Å²) < 4.78 is 10.8. The zero-order valence-corrected chi connectivity index (χ0v) is 13.5. The first kappa shape index (κ1) is 16.7. The molecule has 120 valence electrons. The lowest BCUT2D eigenvalue weighted by Crippen LogP contribution is -2.36. The molecule has 0 amide bonds. The molecule has 0 N–H and O–H groups in total. The fraction of sp³-hybridized carbons (Fsp3) is 0.263. The van der Waals surface area contributed by atoms with Crippen LogP contribution in [-0.4, -0.2) is 17.4 Å². The minimum absolute atomic E-state index is 0.266. The summed E-state index contributed by atoms with van der Waals surface area (Å²) in [5.74, 6) is -0.156. The van der Waals surface area contributed by atoms with Crippen LogP contribution in [0.5, 0.6) is 5.75 Å². The minimum atomic E-state index is -1.20. The van der Waals surface area contributed by atoms with Crippen LogP contribution in [0.15, 0.2) is 54.6 Å². The molecule has 23 heavy (non-hydrogen) atoms. The van der Waals surface area contributed by atoms with Gasteiger partial charge >= 0.3 is 5.97 Å². The summed E-state index contributed by atoms with van der Waals surface area (Å²) in [5, 5.41) is 0. The Morgan fingerprint density at radius 2 is 1.70 bits per heavy atom. The number of ketones is 1. The molecule has 0 saturated heterocycles. The second kappa shape index (κ2) is 7.09. The maximum Gasteiger partial charge on any atom is 0.303 e. The zero-order valence-electron chi connectivity index (χ0n) is 13.5. The summed E-state index contributed by atoms with van der Waals surface area (Å²) in [6.07, 6.45) is 0. The Kier molecular flexibility index (Phi) is 5.16. The molecule has 0 aliphatic heterocycles. The molecule has 0 aliphatic carbocycles. The third kappa shape index (κ3) is 4.68. The third-order valence-electron chi connectivity index (χ3n) is 3.29. The molecule has 0 bridgehead atoms. The average molecular weight is 312 g/mol. The summed E-state index contributed by atoms with van der Waals surface area (Å²) in [7, 11) is 0. The third-order valence-corrected chi connectivity index (χ3v) is 3.29. The molecule has 0 aromatic heterocycles. The van der Waals surface area contributed by atoms with Crippen molar-refractivity contribution in [2.45, 2.75) is 33.0 Å². The summed E-state index contributed by atoms with van der Waals surface area (Å²) in [6.45, 7) is 4.86. The highest BCUT2D eigenvalue weighted by Crippen LogP contribution is 2.21. The molecule has 4 heteroatoms. The highest BCUT2D eigenvalue weighted by atomic mass is 16.6. The Bertz CT molecular complexity index is 690. The van der Waals surface area contributed by atoms with Crippen LogP contribution in [0.4, 0.5) is 0 Å². The quantitative estimate of drug-likeness (QED) is 0.601. The Balaban J connectivity index is 2.10. The van der Waals surface area contributed by atoms with Gasteiger partial charge in [-0.3, -0.25) is 9.59 Å². The van der Waals surface area contributed by atoms with E-state index in [0.29, 0.717) is 17.9 Å². The molecular formula is C19H20O4. The van der Waals surface area contributed by atoms with Crippen molar-refractivity contribution >= 4 is 11.8 Å². The predicted octanol–water partition coefficient (Wildman–Crippen LogP) is 3.79. The smallest absolute Gasteiger partial charge is 0.303 e. The maximum atomic E-state index is 12.5. The minimum Gasteiger partial charge on any atom is -0.489 e. The fourth-order valence-corrected chi connectivity index (χ4v) is 2.22. The van der Waals surface area contributed by atoms with Crippen LogP contribution in [0.1, 0.15) is 36.7 Å². The highest BCUT2D eigenvalue weighted by molar-refractivity contribution is 6.03. The van der Waals surface area contributed by atoms with Crippen molar-refractivity contribution in [1.82, 2.24) is 0 Å². The molecule has 2 aromatic carbocycles. The molecule has 0 aliphatic rings. The lowest BCUT2D eigenvalue weighted by atomic mass is 9.96. The predicted molar refractivity (Wildman–Crippen MR) is 87.4 cm³/mol. The molecule has 0 atom stereocenters. The van der Waals surface area contributed by atoms with Gasteiger partial charge in [-0.05, 0) is 31.5 Å². The van der Waals surface area contributed by atoms with E-state index in [1.807, 2.05) is 30.3 Å². The van der Waals surface area contributed by atoms with Gasteiger partial charge in [0.25, 0.3) is 0 Å². The molecule has 0 spiro atoms. The van der Waals surface area contributed by atoms with E-state index >= 15 is 0 Å². The van der Waals surface area contributed by atoms with Crippen molar-refractivity contribution in [3.05, 3.63) is 65.7 Å². The van der Waals surface area contributed by atoms with Crippen molar-refractivity contribution in [3.8, 4) is 5.75 Å². The Labute approximate surface area is 136 Å². The number of hydrogen-bond acceptors (Lipinski definition) is 4. The Morgan fingerprint density at radius 1 is 1.00 bits per heavy atom. The first-order chi connectivity index (χ1) is 10.9. The number of carbonyl (C=O) groups is 2. The van der Waals surface area contributed by atoms with Crippen LogP contribution in [0.25, 0.3) is 0 Å². The van der Waals surface area contributed by atoms with Crippen LogP contribution in [-0.2, 0) is 16.1 Å². The van der Waals surface area contributed by atoms with E-state index in [2.05, 4.69) is 0 Å². The number of ether oxygens (including phenoxy) is 2. The molecule has 4 nitrogen and oxygen atoms in total. The monoisotopic (exact) mass is 312 g/mol. The largest absolute Gasteiger partial charge is 0.489 e. The Hall–Kier alpha value is -2.62. The summed E-state index contributed by atoms with van der Waals surface area (Å²) in [4.78, 5) is 23.6. The maximum absolute atomic E-state index is 12.5. The van der Waals surface area contributed by atoms with Gasteiger partial charge in [0.2, 0.25) is 5.78 Å². The van der Waals surface area contributed by atoms with E-state index in [-0.39, 0.29) is 5.78 Å². The molecule has 0 unspecified atom stereocenters. The first-order valence-electron chi connectivity index (χ1n) is 7.39. The van der Waals surface area contributed by atoms with E-state index in [1.165, 1.54) is 6.92 Å². The first-order valence-corrected chi connectivity index (χ1v) is 7.39. The van der Waals surface area contributed by atoms with Crippen LogP contribution in [0.2, 0.25) is 0 Å². The van der Waals surface area contributed by atoms with E-state index in [9.17, 15) is 9.59 Å². The van der Waals surface area contributed by atoms with Crippen molar-refractivity contribution in [3.63, 3.8) is 0 Å². The number of benzene rings is 2. The van der Waals surface area contributed by atoms with Gasteiger partial charge in [0.05, 0.1) is 0 Å². The van der Waals surface area contributed by atoms with Gasteiger partial charge in [0.1, 0.15) is 12.4 Å². The van der Waals surface area contributed by atoms with E-state index < -0.39 is 11.6 Å². The van der Waals surface area contributed by atoms with Crippen molar-refractivity contribution in [1.29, 1.82) is 0 Å². The van der Waals surface area contributed by atoms with Gasteiger partial charge in [-0.1, -0.05) is 42.5 Å². The number of Topliss-reactive ketones (excluding diaryl/α,β-unsaturated/α-hetero) is 1. The van der Waals surface area contributed by atoms with Crippen molar-refractivity contribution in [2.24, 2.45) is 0 Å². The number of rotatable bonds is 6. The SMILES string of the molecule is CC(=O)OC(C)(C)C(=O)c1cccc(OCc2ccccc2)c1. The normalized spacial score (nSPS) is 10.9. The molecule has 0 heterocycles. The van der Waals surface area contributed by atoms with Gasteiger partial charge in [0.15, 0.2) is 5.60 Å². The molecule has 0 fully saturated rings. The Morgan fingerprint density at radius 3 is 2.35 bits per heavy atom. The van der Waals surface area contributed by atoms with Crippen LogP contribution in [0, 0.1) is 0 Å². The molecule has 0 radical (unpaired) electrons. The summed E-state index contributed by atoms with van der Waals surface area (Å²) in [5.41, 5.74) is 0.287. The van der Waals surface area contributed by atoms with Gasteiger partial charge in [0, 0.05) is 12.5 Å². The molecule has 2 rings (SSSR count). The van der Waals surface area contributed by atoms with E-state index in [4.69, 9.17) is 9.47 Å². The van der Waals surface area contributed by atoms with Crippen molar-refractivity contribution < 1.29 is 19.1 Å². The van der Waals surface area contributed by atoms with Gasteiger partial charge in [-0.25, -0.2) is 0 Å².